The molecule has 2 heterocycles. The first-order chi connectivity index (χ1) is 8.49. The maximum Gasteiger partial charge on any atom is 0.359 e. The number of nitrogens with two attached hydrogens (primary N) is 1. The summed E-state index contributed by atoms with van der Waals surface area (Å²) in [5.41, 5.74) is 7.77. The molecule has 0 fully saturated rings. The topological polar surface area (TPSA) is 83.0 Å². The number of aryl methyl sites for hydroxylation is 3. The Balaban J connectivity index is 2.08. The van der Waals surface area contributed by atoms with Crippen molar-refractivity contribution in [2.24, 2.45) is 7.05 Å². The monoisotopic (exact) mass is 266 g/mol. The molecular weight excluding hydrogens is 252 g/mol. The molecule has 0 aliphatic heterocycles. The minimum Gasteiger partial charge on any atom is -0.454 e. The fraction of sp³-hybridized carbons (Fsp3) is 0.364. The van der Waals surface area contributed by atoms with Crippen LogP contribution in [-0.2, 0) is 18.4 Å². The number of anilines is 1. The lowest BCUT2D eigenvalue weighted by atomic mass is 10.3. The van der Waals surface area contributed by atoms with E-state index < -0.39 is 5.97 Å². The van der Waals surface area contributed by atoms with E-state index in [1.807, 2.05) is 12.3 Å². The van der Waals surface area contributed by atoms with Crippen molar-refractivity contribution in [1.82, 2.24) is 14.8 Å². The zero-order valence-electron chi connectivity index (χ0n) is 10.4. The summed E-state index contributed by atoms with van der Waals surface area (Å²) in [6.07, 6.45) is 0. The molecule has 0 spiro atoms. The number of aromatic nitrogens is 3. The van der Waals surface area contributed by atoms with Crippen molar-refractivity contribution >= 4 is 23.0 Å². The highest BCUT2D eigenvalue weighted by atomic mass is 32.1. The Bertz CT molecular complexity index is 588. The molecule has 0 aromatic carbocycles. The minimum atomic E-state index is -0.485. The number of ether oxygens (including phenoxy) is 1. The Morgan fingerprint density at radius 2 is 2.28 bits per heavy atom. The zero-order valence-corrected chi connectivity index (χ0v) is 11.2. The maximum absolute atomic E-state index is 11.9. The van der Waals surface area contributed by atoms with Crippen LogP contribution in [0.25, 0.3) is 0 Å². The number of carbonyl (C=O) groups excluding carboxylic acids is 1. The molecule has 0 amide bonds. The van der Waals surface area contributed by atoms with E-state index in [0.717, 1.165) is 10.7 Å². The number of rotatable bonds is 3. The van der Waals surface area contributed by atoms with Gasteiger partial charge in [-0.05, 0) is 13.8 Å². The third-order valence-electron chi connectivity index (χ3n) is 2.48. The largest absolute Gasteiger partial charge is 0.454 e. The van der Waals surface area contributed by atoms with E-state index in [0.29, 0.717) is 11.4 Å². The summed E-state index contributed by atoms with van der Waals surface area (Å²) in [5.74, 6) is -0.485. The zero-order chi connectivity index (χ0) is 13.3. The number of hydrogen-bond acceptors (Lipinski definition) is 6. The highest BCUT2D eigenvalue weighted by Crippen LogP contribution is 2.17. The number of carbonyl (C=O) groups is 1. The van der Waals surface area contributed by atoms with Gasteiger partial charge in [0.2, 0.25) is 0 Å². The van der Waals surface area contributed by atoms with Crippen LogP contribution in [0.2, 0.25) is 0 Å². The average molecular weight is 266 g/mol. The van der Waals surface area contributed by atoms with Gasteiger partial charge < -0.3 is 10.5 Å². The average Bonchev–Trinajstić information content (AvgIpc) is 2.82. The van der Waals surface area contributed by atoms with E-state index in [1.54, 1.807) is 14.0 Å². The van der Waals surface area contributed by atoms with Gasteiger partial charge in [0.05, 0.1) is 22.1 Å². The molecule has 7 heteroatoms. The molecule has 2 aromatic heterocycles. The summed E-state index contributed by atoms with van der Waals surface area (Å²) in [4.78, 5) is 16.1. The molecule has 0 unspecified atom stereocenters. The number of nitrogen functional groups attached to an aromatic ring is 1. The van der Waals surface area contributed by atoms with Crippen molar-refractivity contribution in [2.45, 2.75) is 20.5 Å². The van der Waals surface area contributed by atoms with Crippen LogP contribution in [0.5, 0.6) is 0 Å². The van der Waals surface area contributed by atoms with Gasteiger partial charge in [-0.25, -0.2) is 9.78 Å². The molecule has 2 aromatic rings. The first-order valence-corrected chi connectivity index (χ1v) is 6.24. The molecule has 0 atom stereocenters. The van der Waals surface area contributed by atoms with Gasteiger partial charge in [-0.1, -0.05) is 0 Å². The van der Waals surface area contributed by atoms with Crippen LogP contribution in [0.15, 0.2) is 5.38 Å². The van der Waals surface area contributed by atoms with Gasteiger partial charge in [-0.3, -0.25) is 4.68 Å². The molecule has 0 aliphatic carbocycles. The van der Waals surface area contributed by atoms with Crippen molar-refractivity contribution in [1.29, 1.82) is 0 Å². The van der Waals surface area contributed by atoms with E-state index in [1.165, 1.54) is 16.0 Å². The van der Waals surface area contributed by atoms with Crippen molar-refractivity contribution in [3.63, 3.8) is 0 Å². The molecule has 18 heavy (non-hydrogen) atoms. The molecule has 96 valence electrons. The van der Waals surface area contributed by atoms with Gasteiger partial charge in [0, 0.05) is 12.4 Å². The lowest BCUT2D eigenvalue weighted by Gasteiger charge is -2.04. The van der Waals surface area contributed by atoms with Gasteiger partial charge in [0.1, 0.15) is 6.61 Å². The Kier molecular flexibility index (Phi) is 3.33. The van der Waals surface area contributed by atoms with Gasteiger partial charge in [0.15, 0.2) is 5.69 Å². The molecule has 2 N–H and O–H groups in total. The molecule has 0 bridgehead atoms. The van der Waals surface area contributed by atoms with E-state index in [-0.39, 0.29) is 12.3 Å². The first-order valence-electron chi connectivity index (χ1n) is 5.36. The molecule has 0 radical (unpaired) electrons. The van der Waals surface area contributed by atoms with E-state index in [9.17, 15) is 4.79 Å². The quantitative estimate of drug-likeness (QED) is 0.850. The molecule has 0 aliphatic rings. The van der Waals surface area contributed by atoms with E-state index in [4.69, 9.17) is 10.5 Å². The minimum absolute atomic E-state index is 0.146. The predicted octanol–water partition coefficient (Wildman–Crippen LogP) is 1.43. The third-order valence-corrected chi connectivity index (χ3v) is 3.30. The number of nitrogens with zero attached hydrogens (tertiary/aromatic N) is 3. The summed E-state index contributed by atoms with van der Waals surface area (Å²) >= 11 is 1.52. The molecule has 0 saturated carbocycles. The summed E-state index contributed by atoms with van der Waals surface area (Å²) < 4.78 is 6.60. The highest BCUT2D eigenvalue weighted by Gasteiger charge is 2.19. The predicted molar refractivity (Wildman–Crippen MR) is 68.3 cm³/mol. The Labute approximate surface area is 108 Å². The summed E-state index contributed by atoms with van der Waals surface area (Å²) in [7, 11) is 1.66. The van der Waals surface area contributed by atoms with Crippen molar-refractivity contribution < 1.29 is 9.53 Å². The van der Waals surface area contributed by atoms with Crippen molar-refractivity contribution in [2.75, 3.05) is 5.73 Å². The van der Waals surface area contributed by atoms with Crippen LogP contribution in [0.3, 0.4) is 0 Å². The van der Waals surface area contributed by atoms with Crippen LogP contribution < -0.4 is 5.73 Å². The summed E-state index contributed by atoms with van der Waals surface area (Å²) in [5, 5.41) is 6.87. The molecule has 6 nitrogen and oxygen atoms in total. The second-order valence-corrected chi connectivity index (χ2v) is 4.97. The third kappa shape index (κ3) is 2.35. The molecule has 2 rings (SSSR count). The van der Waals surface area contributed by atoms with Crippen molar-refractivity contribution in [3.8, 4) is 0 Å². The van der Waals surface area contributed by atoms with E-state index in [2.05, 4.69) is 10.1 Å². The Morgan fingerprint density at radius 1 is 1.56 bits per heavy atom. The van der Waals surface area contributed by atoms with Crippen LogP contribution >= 0.6 is 11.3 Å². The van der Waals surface area contributed by atoms with Crippen LogP contribution in [-0.4, -0.2) is 20.7 Å². The van der Waals surface area contributed by atoms with Gasteiger partial charge in [-0.2, -0.15) is 5.10 Å². The Morgan fingerprint density at radius 3 is 2.78 bits per heavy atom. The van der Waals surface area contributed by atoms with Crippen LogP contribution in [0.4, 0.5) is 5.69 Å². The highest BCUT2D eigenvalue weighted by molar-refractivity contribution is 7.09. The fourth-order valence-corrected chi connectivity index (χ4v) is 2.20. The van der Waals surface area contributed by atoms with Crippen molar-refractivity contribution in [3.05, 3.63) is 27.5 Å². The summed E-state index contributed by atoms with van der Waals surface area (Å²) in [6, 6.07) is 0. The van der Waals surface area contributed by atoms with Gasteiger partial charge >= 0.3 is 5.97 Å². The molecular formula is C11H14N4O2S. The Hall–Kier alpha value is -1.89. The standard InChI is InChI=1S/C11H14N4O2S/c1-6-9(12)10(15(3)14-6)11(16)17-4-8-5-18-7(2)13-8/h5H,4,12H2,1-3H3. The van der Waals surface area contributed by atoms with Gasteiger partial charge in [-0.15, -0.1) is 11.3 Å². The SMILES string of the molecule is Cc1nc(COC(=O)c2c(N)c(C)nn2C)cs1. The second kappa shape index (κ2) is 4.77. The summed E-state index contributed by atoms with van der Waals surface area (Å²) in [6.45, 7) is 3.79. The smallest absolute Gasteiger partial charge is 0.359 e. The van der Waals surface area contributed by atoms with E-state index >= 15 is 0 Å². The fourth-order valence-electron chi connectivity index (χ4n) is 1.60. The second-order valence-electron chi connectivity index (χ2n) is 3.91. The molecule has 0 saturated heterocycles. The number of hydrogen-bond donors (Lipinski definition) is 1. The number of thiazole rings is 1. The lowest BCUT2D eigenvalue weighted by molar-refractivity contribution is 0.0456. The first kappa shape index (κ1) is 12.6. The van der Waals surface area contributed by atoms with Gasteiger partial charge in [0.25, 0.3) is 0 Å². The van der Waals surface area contributed by atoms with Crippen LogP contribution in [0.1, 0.15) is 26.9 Å². The number of esters is 1. The lowest BCUT2D eigenvalue weighted by Crippen LogP contribution is -2.12. The maximum atomic E-state index is 11.9. The normalized spacial score (nSPS) is 10.6. The van der Waals surface area contributed by atoms with Crippen LogP contribution in [0, 0.1) is 13.8 Å².